The topological polar surface area (TPSA) is 3.24 Å². The van der Waals surface area contributed by atoms with Crippen LogP contribution in [0.2, 0.25) is 0 Å². The third-order valence-electron chi connectivity index (χ3n) is 4.67. The van der Waals surface area contributed by atoms with Crippen LogP contribution in [0.15, 0.2) is 60.0 Å². The number of fused-ring (bicyclic) bond motifs is 1. The Kier molecular flexibility index (Phi) is 3.80. The summed E-state index contributed by atoms with van der Waals surface area (Å²) < 4.78 is 0. The maximum atomic E-state index is 2.43. The summed E-state index contributed by atoms with van der Waals surface area (Å²) in [5, 5.41) is 2.23. The Labute approximate surface area is 142 Å². The van der Waals surface area contributed by atoms with Gasteiger partial charge in [-0.25, -0.2) is 0 Å². The fraction of sp³-hybridized carbons (Fsp3) is 0.238. The zero-order valence-electron chi connectivity index (χ0n) is 13.6. The smallest absolute Gasteiger partial charge is 0.0345 e. The van der Waals surface area contributed by atoms with Crippen LogP contribution in [-0.2, 0) is 6.54 Å². The van der Waals surface area contributed by atoms with Gasteiger partial charge in [0, 0.05) is 23.9 Å². The number of likely N-dealkylation sites (N-methyl/N-ethyl adjacent to an activating group) is 1. The third kappa shape index (κ3) is 2.85. The van der Waals surface area contributed by atoms with E-state index in [0.717, 1.165) is 13.1 Å². The van der Waals surface area contributed by atoms with Crippen LogP contribution in [0.3, 0.4) is 0 Å². The molecule has 0 amide bonds. The summed E-state index contributed by atoms with van der Waals surface area (Å²) in [6.07, 6.45) is 0. The molecular formula is C21H21NS. The van der Waals surface area contributed by atoms with E-state index in [2.05, 4.69) is 78.8 Å². The lowest BCUT2D eigenvalue weighted by atomic mass is 9.84. The molecule has 2 heteroatoms. The number of hydrogen-bond donors (Lipinski definition) is 0. The molecule has 0 unspecified atom stereocenters. The number of hydrogen-bond acceptors (Lipinski definition) is 2. The van der Waals surface area contributed by atoms with Gasteiger partial charge in [-0.1, -0.05) is 42.5 Å². The Bertz CT molecular complexity index is 819. The fourth-order valence-corrected chi connectivity index (χ4v) is 4.45. The quantitative estimate of drug-likeness (QED) is 0.619. The molecule has 2 aromatic carbocycles. The van der Waals surface area contributed by atoms with Crippen molar-refractivity contribution in [3.8, 4) is 10.4 Å². The van der Waals surface area contributed by atoms with Gasteiger partial charge in [-0.2, -0.15) is 0 Å². The average molecular weight is 319 g/mol. The minimum absolute atomic E-state index is 0.476. The van der Waals surface area contributed by atoms with E-state index in [4.69, 9.17) is 0 Å². The molecule has 1 aliphatic rings. The van der Waals surface area contributed by atoms with E-state index in [0.29, 0.717) is 5.92 Å². The van der Waals surface area contributed by atoms with Crippen molar-refractivity contribution < 1.29 is 0 Å². The molecule has 0 aliphatic carbocycles. The first kappa shape index (κ1) is 14.7. The minimum Gasteiger partial charge on any atom is -0.301 e. The SMILES string of the molecule is Cc1csc(-c2ccc3c(c2)CN(C)C[C@@H]3c2ccccc2)c1. The molecule has 4 rings (SSSR count). The van der Waals surface area contributed by atoms with Gasteiger partial charge in [0.1, 0.15) is 0 Å². The summed E-state index contributed by atoms with van der Waals surface area (Å²) in [4.78, 5) is 3.80. The van der Waals surface area contributed by atoms with E-state index < -0.39 is 0 Å². The molecular weight excluding hydrogens is 298 g/mol. The lowest BCUT2D eigenvalue weighted by molar-refractivity contribution is 0.295. The highest BCUT2D eigenvalue weighted by Gasteiger charge is 2.24. The van der Waals surface area contributed by atoms with E-state index in [9.17, 15) is 0 Å². The Hall–Kier alpha value is -1.90. The van der Waals surface area contributed by atoms with Crippen molar-refractivity contribution in [3.63, 3.8) is 0 Å². The lowest BCUT2D eigenvalue weighted by Gasteiger charge is -2.33. The van der Waals surface area contributed by atoms with Crippen molar-refractivity contribution in [1.82, 2.24) is 4.90 Å². The Balaban J connectivity index is 1.77. The largest absolute Gasteiger partial charge is 0.301 e. The van der Waals surface area contributed by atoms with Gasteiger partial charge in [0.05, 0.1) is 0 Å². The molecule has 0 saturated heterocycles. The van der Waals surface area contributed by atoms with E-state index in [1.54, 1.807) is 0 Å². The second-order valence-electron chi connectivity index (χ2n) is 6.56. The van der Waals surface area contributed by atoms with Crippen LogP contribution in [0.1, 0.15) is 28.2 Å². The fourth-order valence-electron chi connectivity index (χ4n) is 3.55. The molecule has 0 N–H and O–H groups in total. The van der Waals surface area contributed by atoms with Crippen molar-refractivity contribution in [2.75, 3.05) is 13.6 Å². The molecule has 0 bridgehead atoms. The third-order valence-corrected chi connectivity index (χ3v) is 5.77. The highest BCUT2D eigenvalue weighted by atomic mass is 32.1. The molecule has 0 spiro atoms. The number of rotatable bonds is 2. The first-order chi connectivity index (χ1) is 11.2. The zero-order valence-corrected chi connectivity index (χ0v) is 14.4. The van der Waals surface area contributed by atoms with Crippen LogP contribution in [0.4, 0.5) is 0 Å². The molecule has 0 saturated carbocycles. The zero-order chi connectivity index (χ0) is 15.8. The van der Waals surface area contributed by atoms with Gasteiger partial charge in [0.25, 0.3) is 0 Å². The Morgan fingerprint density at radius 3 is 2.61 bits per heavy atom. The van der Waals surface area contributed by atoms with Gasteiger partial charge in [-0.15, -0.1) is 11.3 Å². The van der Waals surface area contributed by atoms with Gasteiger partial charge in [-0.05, 0) is 59.3 Å². The van der Waals surface area contributed by atoms with Crippen LogP contribution in [0.25, 0.3) is 10.4 Å². The lowest BCUT2D eigenvalue weighted by Crippen LogP contribution is -2.30. The number of benzene rings is 2. The molecule has 3 aromatic rings. The predicted octanol–water partition coefficient (Wildman–Crippen LogP) is 5.30. The standard InChI is InChI=1S/C21H21NS/c1-15-10-21(23-14-15)17-8-9-19-18(11-17)12-22(2)13-20(19)16-6-4-3-5-7-16/h3-11,14,20H,12-13H2,1-2H3/t20-/m1/s1. The number of thiophene rings is 1. The van der Waals surface area contributed by atoms with Crippen LogP contribution < -0.4 is 0 Å². The van der Waals surface area contributed by atoms with Crippen LogP contribution in [-0.4, -0.2) is 18.5 Å². The summed E-state index contributed by atoms with van der Waals surface area (Å²) in [5.41, 5.74) is 7.08. The van der Waals surface area contributed by atoms with E-state index in [-0.39, 0.29) is 0 Å². The molecule has 1 nitrogen and oxygen atoms in total. The highest BCUT2D eigenvalue weighted by Crippen LogP contribution is 2.36. The van der Waals surface area contributed by atoms with Gasteiger partial charge in [-0.3, -0.25) is 0 Å². The van der Waals surface area contributed by atoms with E-state index in [1.807, 2.05) is 11.3 Å². The highest BCUT2D eigenvalue weighted by molar-refractivity contribution is 7.13. The summed E-state index contributed by atoms with van der Waals surface area (Å²) in [6.45, 7) is 4.29. The summed E-state index contributed by atoms with van der Waals surface area (Å²) in [6, 6.07) is 20.2. The molecule has 1 aromatic heterocycles. The first-order valence-electron chi connectivity index (χ1n) is 8.12. The average Bonchev–Trinajstić information content (AvgIpc) is 3.01. The van der Waals surface area contributed by atoms with E-state index >= 15 is 0 Å². The molecule has 0 fully saturated rings. The Morgan fingerprint density at radius 1 is 1.04 bits per heavy atom. The molecule has 1 aliphatic heterocycles. The van der Waals surface area contributed by atoms with Crippen LogP contribution in [0, 0.1) is 6.92 Å². The van der Waals surface area contributed by atoms with Crippen molar-refractivity contribution in [2.45, 2.75) is 19.4 Å². The van der Waals surface area contributed by atoms with Gasteiger partial charge >= 0.3 is 0 Å². The van der Waals surface area contributed by atoms with Crippen LogP contribution in [0.5, 0.6) is 0 Å². The predicted molar refractivity (Wildman–Crippen MR) is 99.1 cm³/mol. The molecule has 2 heterocycles. The molecule has 0 radical (unpaired) electrons. The van der Waals surface area contributed by atoms with Crippen LogP contribution >= 0.6 is 11.3 Å². The maximum absolute atomic E-state index is 2.43. The monoisotopic (exact) mass is 319 g/mol. The van der Waals surface area contributed by atoms with Crippen molar-refractivity contribution in [2.24, 2.45) is 0 Å². The molecule has 23 heavy (non-hydrogen) atoms. The van der Waals surface area contributed by atoms with Gasteiger partial charge < -0.3 is 4.90 Å². The molecule has 116 valence electrons. The number of nitrogens with zero attached hydrogens (tertiary/aromatic N) is 1. The second-order valence-corrected chi connectivity index (χ2v) is 7.47. The maximum Gasteiger partial charge on any atom is 0.0345 e. The molecule has 1 atom stereocenters. The van der Waals surface area contributed by atoms with Gasteiger partial charge in [0.15, 0.2) is 0 Å². The van der Waals surface area contributed by atoms with Gasteiger partial charge in [0.2, 0.25) is 0 Å². The van der Waals surface area contributed by atoms with Crippen molar-refractivity contribution in [1.29, 1.82) is 0 Å². The first-order valence-corrected chi connectivity index (χ1v) is 9.00. The van der Waals surface area contributed by atoms with E-state index in [1.165, 1.54) is 32.7 Å². The normalized spacial score (nSPS) is 17.9. The number of aryl methyl sites for hydroxylation is 1. The second kappa shape index (κ2) is 5.95. The van der Waals surface area contributed by atoms with Crippen molar-refractivity contribution >= 4 is 11.3 Å². The Morgan fingerprint density at radius 2 is 1.87 bits per heavy atom. The summed E-state index contributed by atoms with van der Waals surface area (Å²) in [5.74, 6) is 0.476. The van der Waals surface area contributed by atoms with Crippen molar-refractivity contribution in [3.05, 3.63) is 82.2 Å². The summed E-state index contributed by atoms with van der Waals surface area (Å²) >= 11 is 1.84. The summed E-state index contributed by atoms with van der Waals surface area (Å²) in [7, 11) is 2.22. The minimum atomic E-state index is 0.476.